The molecule has 0 radical (unpaired) electrons. The van der Waals surface area contributed by atoms with Crippen molar-refractivity contribution in [3.05, 3.63) is 28.0 Å². The Morgan fingerprint density at radius 1 is 1.48 bits per heavy atom. The third kappa shape index (κ3) is 3.95. The quantitative estimate of drug-likeness (QED) is 0.799. The summed E-state index contributed by atoms with van der Waals surface area (Å²) in [5, 5.41) is 7.69. The second-order valence-electron chi connectivity index (χ2n) is 4.84. The van der Waals surface area contributed by atoms with Crippen LogP contribution in [-0.4, -0.2) is 42.9 Å². The zero-order valence-corrected chi connectivity index (χ0v) is 14.7. The number of aromatic nitrogens is 2. The third-order valence-corrected chi connectivity index (χ3v) is 5.94. The van der Waals surface area contributed by atoms with Gasteiger partial charge in [-0.1, -0.05) is 12.1 Å². The van der Waals surface area contributed by atoms with Crippen LogP contribution in [0, 0.1) is 0 Å². The van der Waals surface area contributed by atoms with Crippen LogP contribution in [-0.2, 0) is 23.0 Å². The van der Waals surface area contributed by atoms with E-state index in [4.69, 9.17) is 4.52 Å². The maximum atomic E-state index is 12.5. The molecule has 0 aliphatic rings. The van der Waals surface area contributed by atoms with Crippen molar-refractivity contribution >= 4 is 27.3 Å². The number of thiophene rings is 1. The number of rotatable bonds is 7. The molecule has 0 fully saturated rings. The van der Waals surface area contributed by atoms with E-state index in [0.29, 0.717) is 17.1 Å². The molecule has 2 aromatic rings. The smallest absolute Gasteiger partial charge is 0.261 e. The summed E-state index contributed by atoms with van der Waals surface area (Å²) in [5.74, 6) is 0.479. The van der Waals surface area contributed by atoms with Gasteiger partial charge in [-0.05, 0) is 12.5 Å². The Labute approximate surface area is 138 Å². The number of sulfonamides is 1. The third-order valence-electron chi connectivity index (χ3n) is 3.08. The molecular weight excluding hydrogens is 340 g/mol. The summed E-state index contributed by atoms with van der Waals surface area (Å²) in [5.41, 5.74) is 0. The van der Waals surface area contributed by atoms with E-state index in [-0.39, 0.29) is 23.2 Å². The zero-order valence-electron chi connectivity index (χ0n) is 13.1. The van der Waals surface area contributed by atoms with Gasteiger partial charge >= 0.3 is 0 Å². The molecule has 0 atom stereocenters. The molecule has 0 bridgehead atoms. The number of carbonyl (C=O) groups is 1. The lowest BCUT2D eigenvalue weighted by molar-refractivity contribution is 0.0967. The van der Waals surface area contributed by atoms with Gasteiger partial charge in [0.25, 0.3) is 5.91 Å². The van der Waals surface area contributed by atoms with Crippen LogP contribution < -0.4 is 5.32 Å². The average Bonchev–Trinajstić information content (AvgIpc) is 3.16. The van der Waals surface area contributed by atoms with Crippen molar-refractivity contribution in [1.82, 2.24) is 19.8 Å². The first kappa shape index (κ1) is 17.6. The van der Waals surface area contributed by atoms with Crippen molar-refractivity contribution < 1.29 is 17.7 Å². The molecule has 0 unspecified atom stereocenters. The number of hydrogen-bond donors (Lipinski definition) is 1. The minimum absolute atomic E-state index is 0.0236. The normalized spacial score (nSPS) is 11.8. The molecule has 1 N–H and O–H groups in total. The molecule has 0 saturated carbocycles. The average molecular weight is 358 g/mol. The van der Waals surface area contributed by atoms with Gasteiger partial charge in [-0.15, -0.1) is 11.3 Å². The topological polar surface area (TPSA) is 105 Å². The molecule has 2 aromatic heterocycles. The van der Waals surface area contributed by atoms with E-state index in [1.165, 1.54) is 25.5 Å². The number of hydrogen-bond acceptors (Lipinski definition) is 7. The molecule has 2 heterocycles. The van der Waals surface area contributed by atoms with E-state index < -0.39 is 10.0 Å². The van der Waals surface area contributed by atoms with Crippen LogP contribution in [0.2, 0.25) is 0 Å². The largest absolute Gasteiger partial charge is 0.354 e. The predicted octanol–water partition coefficient (Wildman–Crippen LogP) is 1.26. The molecule has 126 valence electrons. The fourth-order valence-electron chi connectivity index (χ4n) is 1.83. The number of carbonyl (C=O) groups excluding carboxylic acids is 1. The van der Waals surface area contributed by atoms with Gasteiger partial charge in [0.15, 0.2) is 5.82 Å². The molecule has 0 aromatic carbocycles. The molecule has 2 rings (SSSR count). The van der Waals surface area contributed by atoms with E-state index in [1.807, 2.05) is 6.92 Å². The minimum Gasteiger partial charge on any atom is -0.354 e. The maximum Gasteiger partial charge on any atom is 0.261 e. The highest BCUT2D eigenvalue weighted by Crippen LogP contribution is 2.23. The summed E-state index contributed by atoms with van der Waals surface area (Å²) in [6.07, 6.45) is 1.56. The lowest BCUT2D eigenvalue weighted by Crippen LogP contribution is -2.26. The van der Waals surface area contributed by atoms with Crippen molar-refractivity contribution in [1.29, 1.82) is 0 Å². The van der Waals surface area contributed by atoms with Crippen molar-refractivity contribution in [3.8, 4) is 0 Å². The van der Waals surface area contributed by atoms with E-state index in [0.717, 1.165) is 22.1 Å². The first-order chi connectivity index (χ1) is 10.9. The molecule has 0 aliphatic carbocycles. The SMILES string of the molecule is CCCc1noc(CN(C)S(=O)(=O)c2csc(C(=O)NC)c2)n1. The number of aryl methyl sites for hydroxylation is 1. The standard InChI is InChI=1S/C13H18N4O4S2/c1-4-5-11-15-12(21-16-11)7-17(3)23(19,20)9-6-10(22-8-9)13(18)14-2/h6,8H,4-5,7H2,1-3H3,(H,14,18). The summed E-state index contributed by atoms with van der Waals surface area (Å²) in [4.78, 5) is 16.1. The van der Waals surface area contributed by atoms with Crippen molar-refractivity contribution in [2.24, 2.45) is 0 Å². The Balaban J connectivity index is 2.14. The molecular formula is C13H18N4O4S2. The van der Waals surface area contributed by atoms with E-state index in [1.54, 1.807) is 0 Å². The molecule has 10 heteroatoms. The van der Waals surface area contributed by atoms with Crippen LogP contribution >= 0.6 is 11.3 Å². The monoisotopic (exact) mass is 358 g/mol. The van der Waals surface area contributed by atoms with Gasteiger partial charge in [-0.25, -0.2) is 8.42 Å². The highest BCUT2D eigenvalue weighted by molar-refractivity contribution is 7.89. The lowest BCUT2D eigenvalue weighted by atomic mass is 10.3. The van der Waals surface area contributed by atoms with Gasteiger partial charge in [0.1, 0.15) is 0 Å². The summed E-state index contributed by atoms with van der Waals surface area (Å²) >= 11 is 1.07. The van der Waals surface area contributed by atoms with Gasteiger partial charge in [0, 0.05) is 25.9 Å². The molecule has 8 nitrogen and oxygen atoms in total. The van der Waals surface area contributed by atoms with Gasteiger partial charge in [-0.2, -0.15) is 9.29 Å². The number of nitrogens with zero attached hydrogens (tertiary/aromatic N) is 3. The number of nitrogens with one attached hydrogen (secondary N) is 1. The summed E-state index contributed by atoms with van der Waals surface area (Å²) in [6.45, 7) is 1.97. The van der Waals surface area contributed by atoms with Crippen LogP contribution in [0.15, 0.2) is 20.9 Å². The Morgan fingerprint density at radius 2 is 2.22 bits per heavy atom. The Kier molecular flexibility index (Phi) is 5.50. The van der Waals surface area contributed by atoms with Crippen LogP contribution in [0.4, 0.5) is 0 Å². The van der Waals surface area contributed by atoms with Crippen molar-refractivity contribution in [2.45, 2.75) is 31.2 Å². The molecule has 1 amide bonds. The lowest BCUT2D eigenvalue weighted by Gasteiger charge is -2.13. The van der Waals surface area contributed by atoms with Crippen LogP contribution in [0.3, 0.4) is 0 Å². The van der Waals surface area contributed by atoms with E-state index in [9.17, 15) is 13.2 Å². The van der Waals surface area contributed by atoms with Gasteiger partial charge in [0.05, 0.1) is 16.3 Å². The Bertz CT molecular complexity index is 782. The Morgan fingerprint density at radius 3 is 2.87 bits per heavy atom. The molecule has 0 saturated heterocycles. The zero-order chi connectivity index (χ0) is 17.0. The second kappa shape index (κ2) is 7.20. The van der Waals surface area contributed by atoms with Crippen LogP contribution in [0.5, 0.6) is 0 Å². The van der Waals surface area contributed by atoms with E-state index >= 15 is 0 Å². The van der Waals surface area contributed by atoms with Gasteiger partial charge in [0.2, 0.25) is 15.9 Å². The summed E-state index contributed by atoms with van der Waals surface area (Å²) in [6, 6.07) is 1.35. The highest BCUT2D eigenvalue weighted by Gasteiger charge is 2.25. The summed E-state index contributed by atoms with van der Waals surface area (Å²) < 4.78 is 31.2. The fraction of sp³-hybridized carbons (Fsp3) is 0.462. The van der Waals surface area contributed by atoms with Crippen molar-refractivity contribution in [2.75, 3.05) is 14.1 Å². The Hall–Kier alpha value is -1.78. The minimum atomic E-state index is -3.73. The molecule has 0 aliphatic heterocycles. The first-order valence-corrected chi connectivity index (χ1v) is 9.28. The van der Waals surface area contributed by atoms with Crippen LogP contribution in [0.25, 0.3) is 0 Å². The summed E-state index contributed by atoms with van der Waals surface area (Å²) in [7, 11) is -0.806. The first-order valence-electron chi connectivity index (χ1n) is 6.97. The van der Waals surface area contributed by atoms with E-state index in [2.05, 4.69) is 15.5 Å². The van der Waals surface area contributed by atoms with Gasteiger partial charge < -0.3 is 9.84 Å². The fourth-order valence-corrected chi connectivity index (χ4v) is 4.16. The molecule has 23 heavy (non-hydrogen) atoms. The second-order valence-corrected chi connectivity index (χ2v) is 7.80. The highest BCUT2D eigenvalue weighted by atomic mass is 32.2. The maximum absolute atomic E-state index is 12.5. The number of amides is 1. The van der Waals surface area contributed by atoms with Crippen molar-refractivity contribution in [3.63, 3.8) is 0 Å². The predicted molar refractivity (Wildman–Crippen MR) is 84.7 cm³/mol. The van der Waals surface area contributed by atoms with Gasteiger partial charge in [-0.3, -0.25) is 4.79 Å². The molecule has 0 spiro atoms. The van der Waals surface area contributed by atoms with Crippen LogP contribution in [0.1, 0.15) is 34.7 Å².